The minimum Gasteiger partial charge on any atom is -0.339 e. The molecule has 3 amide bonds. The van der Waals surface area contributed by atoms with E-state index in [1.807, 2.05) is 48.9 Å². The quantitative estimate of drug-likeness (QED) is 0.907. The number of nitrogens with one attached hydrogen (secondary N) is 1. The first-order chi connectivity index (χ1) is 11.4. The van der Waals surface area contributed by atoms with Crippen LogP contribution < -0.4 is 5.32 Å². The van der Waals surface area contributed by atoms with Crippen LogP contribution in [0.2, 0.25) is 0 Å². The van der Waals surface area contributed by atoms with Crippen molar-refractivity contribution in [3.8, 4) is 0 Å². The van der Waals surface area contributed by atoms with Crippen molar-refractivity contribution in [3.63, 3.8) is 0 Å². The lowest BCUT2D eigenvalue weighted by Crippen LogP contribution is -2.56. The van der Waals surface area contributed by atoms with Crippen molar-refractivity contribution in [1.29, 1.82) is 0 Å². The molecule has 5 nitrogen and oxygen atoms in total. The first-order valence-electron chi connectivity index (χ1n) is 8.81. The van der Waals surface area contributed by atoms with Crippen LogP contribution in [0.5, 0.6) is 0 Å². The molecule has 0 radical (unpaired) electrons. The number of hydrogen-bond acceptors (Lipinski definition) is 2. The van der Waals surface area contributed by atoms with Gasteiger partial charge in [0.15, 0.2) is 0 Å². The number of piperidine rings is 1. The van der Waals surface area contributed by atoms with Gasteiger partial charge >= 0.3 is 6.03 Å². The minimum atomic E-state index is -0.160. The van der Waals surface area contributed by atoms with Gasteiger partial charge in [-0.1, -0.05) is 30.3 Å². The summed E-state index contributed by atoms with van der Waals surface area (Å²) in [5.41, 5.74) is 1.07. The third-order valence-corrected chi connectivity index (χ3v) is 5.60. The second-order valence-corrected chi connectivity index (χ2v) is 7.31. The highest BCUT2D eigenvalue weighted by Crippen LogP contribution is 2.48. The van der Waals surface area contributed by atoms with Crippen LogP contribution in [-0.4, -0.2) is 53.5 Å². The van der Waals surface area contributed by atoms with E-state index in [1.54, 1.807) is 0 Å². The molecule has 1 aromatic rings. The Morgan fingerprint density at radius 2 is 1.83 bits per heavy atom. The van der Waals surface area contributed by atoms with Crippen LogP contribution in [0.1, 0.15) is 44.6 Å². The number of urea groups is 1. The highest BCUT2D eigenvalue weighted by molar-refractivity contribution is 5.81. The molecule has 1 aromatic carbocycles. The maximum atomic E-state index is 12.4. The molecule has 2 saturated heterocycles. The molecule has 1 atom stereocenters. The number of rotatable bonds is 2. The summed E-state index contributed by atoms with van der Waals surface area (Å²) in [6.45, 7) is 5.33. The van der Waals surface area contributed by atoms with E-state index in [1.165, 1.54) is 5.56 Å². The summed E-state index contributed by atoms with van der Waals surface area (Å²) in [4.78, 5) is 28.5. The molecule has 0 unspecified atom stereocenters. The van der Waals surface area contributed by atoms with Crippen LogP contribution in [0.3, 0.4) is 0 Å². The van der Waals surface area contributed by atoms with E-state index in [0.717, 1.165) is 12.8 Å². The summed E-state index contributed by atoms with van der Waals surface area (Å²) >= 11 is 0. The number of hydrogen-bond donors (Lipinski definition) is 1. The molecule has 130 valence electrons. The van der Waals surface area contributed by atoms with Crippen molar-refractivity contribution in [2.75, 3.05) is 20.1 Å². The molecular formula is C19H27N3O2. The Bertz CT molecular complexity index is 606. The summed E-state index contributed by atoms with van der Waals surface area (Å²) in [6.07, 6.45) is 2.24. The maximum Gasteiger partial charge on any atom is 0.317 e. The summed E-state index contributed by atoms with van der Waals surface area (Å²) in [6, 6.07) is 10.5. The summed E-state index contributed by atoms with van der Waals surface area (Å²) in [5, 5.41) is 2.96. The molecule has 5 heteroatoms. The Morgan fingerprint density at radius 1 is 1.21 bits per heavy atom. The van der Waals surface area contributed by atoms with Gasteiger partial charge in [0.2, 0.25) is 5.91 Å². The predicted molar refractivity (Wildman–Crippen MR) is 93.8 cm³/mol. The van der Waals surface area contributed by atoms with Crippen LogP contribution >= 0.6 is 0 Å². The van der Waals surface area contributed by atoms with E-state index in [0.29, 0.717) is 19.5 Å². The molecule has 24 heavy (non-hydrogen) atoms. The van der Waals surface area contributed by atoms with E-state index in [4.69, 9.17) is 0 Å². The lowest BCUT2D eigenvalue weighted by atomic mass is 9.74. The molecule has 0 aliphatic carbocycles. The summed E-state index contributed by atoms with van der Waals surface area (Å²) in [7, 11) is 1.93. The van der Waals surface area contributed by atoms with Gasteiger partial charge in [0, 0.05) is 38.5 Å². The van der Waals surface area contributed by atoms with E-state index in [9.17, 15) is 9.59 Å². The molecule has 0 saturated carbocycles. The monoisotopic (exact) mass is 329 g/mol. The minimum absolute atomic E-state index is 0.00286. The molecule has 0 aromatic heterocycles. The van der Waals surface area contributed by atoms with E-state index >= 15 is 0 Å². The number of amides is 3. The number of benzene rings is 1. The Morgan fingerprint density at radius 3 is 2.42 bits per heavy atom. The summed E-state index contributed by atoms with van der Waals surface area (Å²) in [5.74, 6) is 0.426. The van der Waals surface area contributed by atoms with Gasteiger partial charge in [0.25, 0.3) is 0 Å². The number of likely N-dealkylation sites (tertiary alicyclic amines) is 2. The van der Waals surface area contributed by atoms with Crippen molar-refractivity contribution in [3.05, 3.63) is 35.9 Å². The van der Waals surface area contributed by atoms with Gasteiger partial charge in [0.05, 0.1) is 5.54 Å². The smallest absolute Gasteiger partial charge is 0.317 e. The van der Waals surface area contributed by atoms with Gasteiger partial charge < -0.3 is 15.1 Å². The van der Waals surface area contributed by atoms with E-state index < -0.39 is 0 Å². The Hall–Kier alpha value is -2.04. The molecule has 2 heterocycles. The molecule has 0 bridgehead atoms. The zero-order valence-electron chi connectivity index (χ0n) is 14.8. The zero-order valence-corrected chi connectivity index (χ0v) is 14.8. The third-order valence-electron chi connectivity index (χ3n) is 5.60. The molecular weight excluding hydrogens is 302 g/mol. The summed E-state index contributed by atoms with van der Waals surface area (Å²) < 4.78 is 0. The predicted octanol–water partition coefficient (Wildman–Crippen LogP) is 2.58. The average molecular weight is 329 g/mol. The topological polar surface area (TPSA) is 52.7 Å². The van der Waals surface area contributed by atoms with Gasteiger partial charge in [-0.25, -0.2) is 4.79 Å². The van der Waals surface area contributed by atoms with Gasteiger partial charge in [-0.3, -0.25) is 4.79 Å². The van der Waals surface area contributed by atoms with Crippen LogP contribution in [0.25, 0.3) is 0 Å². The average Bonchev–Trinajstić information content (AvgIpc) is 2.81. The Balaban J connectivity index is 1.79. The van der Waals surface area contributed by atoms with Crippen LogP contribution in [0.4, 0.5) is 4.79 Å². The van der Waals surface area contributed by atoms with Crippen LogP contribution in [-0.2, 0) is 4.79 Å². The normalized spacial score (nSPS) is 23.2. The fraction of sp³-hybridized carbons (Fsp3) is 0.579. The lowest BCUT2D eigenvalue weighted by Gasteiger charge is -2.46. The van der Waals surface area contributed by atoms with Crippen molar-refractivity contribution < 1.29 is 9.59 Å². The van der Waals surface area contributed by atoms with Crippen molar-refractivity contribution in [2.45, 2.75) is 50.6 Å². The number of carbonyl (C=O) groups excluding carboxylic acids is 2. The molecule has 2 aliphatic rings. The van der Waals surface area contributed by atoms with E-state index in [-0.39, 0.29) is 29.4 Å². The SMILES string of the molecule is CC(C)NC(=O)N1CCC2(CC1)[C@H](c1ccccc1)CC(=O)N2C. The molecule has 2 fully saturated rings. The fourth-order valence-electron chi connectivity index (χ4n) is 4.22. The first-order valence-corrected chi connectivity index (χ1v) is 8.81. The van der Waals surface area contributed by atoms with Crippen molar-refractivity contribution in [2.24, 2.45) is 0 Å². The number of nitrogens with zero attached hydrogens (tertiary/aromatic N) is 2. The van der Waals surface area contributed by atoms with Crippen molar-refractivity contribution >= 4 is 11.9 Å². The lowest BCUT2D eigenvalue weighted by molar-refractivity contribution is -0.130. The highest BCUT2D eigenvalue weighted by atomic mass is 16.2. The Kier molecular flexibility index (Phi) is 4.52. The van der Waals surface area contributed by atoms with Crippen LogP contribution in [0.15, 0.2) is 30.3 Å². The Labute approximate surface area is 144 Å². The van der Waals surface area contributed by atoms with Crippen LogP contribution in [0, 0.1) is 0 Å². The second kappa shape index (κ2) is 6.46. The number of carbonyl (C=O) groups is 2. The van der Waals surface area contributed by atoms with Gasteiger partial charge in [0.1, 0.15) is 0 Å². The standard InChI is InChI=1S/C19H27N3O2/c1-14(2)20-18(24)22-11-9-19(10-12-22)16(13-17(23)21(19)3)15-7-5-4-6-8-15/h4-8,14,16H,9-13H2,1-3H3,(H,20,24)/t16-/m0/s1. The molecule has 1 N–H and O–H groups in total. The molecule has 1 spiro atoms. The van der Waals surface area contributed by atoms with Gasteiger partial charge in [-0.2, -0.15) is 0 Å². The largest absolute Gasteiger partial charge is 0.339 e. The first kappa shape index (κ1) is 16.8. The molecule has 2 aliphatic heterocycles. The third kappa shape index (κ3) is 2.87. The second-order valence-electron chi connectivity index (χ2n) is 7.31. The number of likely N-dealkylation sites (N-methyl/N-ethyl adjacent to an activating group) is 1. The van der Waals surface area contributed by atoms with Crippen molar-refractivity contribution in [1.82, 2.24) is 15.1 Å². The fourth-order valence-corrected chi connectivity index (χ4v) is 4.22. The zero-order chi connectivity index (χ0) is 17.3. The van der Waals surface area contributed by atoms with Gasteiger partial charge in [-0.05, 0) is 32.3 Å². The van der Waals surface area contributed by atoms with Gasteiger partial charge in [-0.15, -0.1) is 0 Å². The maximum absolute atomic E-state index is 12.4. The molecule has 3 rings (SSSR count). The highest BCUT2D eigenvalue weighted by Gasteiger charge is 2.52. The van der Waals surface area contributed by atoms with E-state index in [2.05, 4.69) is 17.4 Å².